The average Bonchev–Trinajstić information content (AvgIpc) is 2.38. The van der Waals surface area contributed by atoms with Crippen molar-refractivity contribution in [1.29, 1.82) is 0 Å². The van der Waals surface area contributed by atoms with Gasteiger partial charge in [0.05, 0.1) is 11.8 Å². The van der Waals surface area contributed by atoms with Crippen LogP contribution in [-0.2, 0) is 4.74 Å². The zero-order valence-electron chi connectivity index (χ0n) is 10.5. The number of carboxylic acid groups (broad SMARTS) is 1. The second-order valence-corrected chi connectivity index (χ2v) is 4.02. The van der Waals surface area contributed by atoms with Gasteiger partial charge in [-0.3, -0.25) is 0 Å². The molecule has 19 heavy (non-hydrogen) atoms. The molecule has 0 amide bonds. The van der Waals surface area contributed by atoms with Gasteiger partial charge in [-0.25, -0.2) is 4.79 Å². The lowest BCUT2D eigenvalue weighted by Gasteiger charge is -2.14. The van der Waals surface area contributed by atoms with E-state index in [-0.39, 0.29) is 5.56 Å². The van der Waals surface area contributed by atoms with Crippen molar-refractivity contribution in [1.82, 2.24) is 0 Å². The van der Waals surface area contributed by atoms with Crippen LogP contribution in [0.3, 0.4) is 0 Å². The fourth-order valence-electron chi connectivity index (χ4n) is 1.79. The second kappa shape index (κ2) is 5.44. The van der Waals surface area contributed by atoms with Crippen LogP contribution in [0.15, 0.2) is 49.2 Å². The molecule has 0 bridgehead atoms. The zero-order valence-corrected chi connectivity index (χ0v) is 10.5. The first-order valence-corrected chi connectivity index (χ1v) is 5.80. The van der Waals surface area contributed by atoms with E-state index in [1.807, 2.05) is 12.1 Å². The molecule has 2 rings (SSSR count). The van der Waals surface area contributed by atoms with Crippen LogP contribution in [0.5, 0.6) is 5.75 Å². The van der Waals surface area contributed by atoms with Crippen molar-refractivity contribution in [2.45, 2.75) is 13.2 Å². The summed E-state index contributed by atoms with van der Waals surface area (Å²) in [5, 5.41) is 10.7. The summed E-state index contributed by atoms with van der Waals surface area (Å²) in [5.41, 5.74) is 0.268. The summed E-state index contributed by atoms with van der Waals surface area (Å²) in [4.78, 5) is 10.9. The topological polar surface area (TPSA) is 55.8 Å². The van der Waals surface area contributed by atoms with E-state index in [1.165, 1.54) is 6.26 Å². The number of carboxylic acids is 1. The van der Waals surface area contributed by atoms with Crippen LogP contribution in [0.25, 0.3) is 10.8 Å². The van der Waals surface area contributed by atoms with Gasteiger partial charge in [-0.15, -0.1) is 0 Å². The molecule has 98 valence electrons. The van der Waals surface area contributed by atoms with Crippen molar-refractivity contribution in [3.63, 3.8) is 0 Å². The Kier molecular flexibility index (Phi) is 3.71. The summed E-state index contributed by atoms with van der Waals surface area (Å²) < 4.78 is 10.6. The Hall–Kier alpha value is -2.49. The fourth-order valence-corrected chi connectivity index (χ4v) is 1.79. The molecule has 0 saturated carbocycles. The van der Waals surface area contributed by atoms with Gasteiger partial charge in [0.25, 0.3) is 0 Å². The number of hydrogen-bond donors (Lipinski definition) is 1. The molecule has 4 heteroatoms. The van der Waals surface area contributed by atoms with E-state index in [2.05, 4.69) is 6.58 Å². The van der Waals surface area contributed by atoms with Crippen LogP contribution in [0.4, 0.5) is 0 Å². The van der Waals surface area contributed by atoms with Crippen molar-refractivity contribution in [2.24, 2.45) is 0 Å². The molecule has 0 aromatic heterocycles. The third-order valence-electron chi connectivity index (χ3n) is 2.65. The second-order valence-electron chi connectivity index (χ2n) is 4.02. The molecule has 1 N–H and O–H groups in total. The van der Waals surface area contributed by atoms with Crippen LogP contribution < -0.4 is 4.74 Å². The highest BCUT2D eigenvalue weighted by molar-refractivity contribution is 5.94. The van der Waals surface area contributed by atoms with Gasteiger partial charge in [-0.05, 0) is 35.0 Å². The summed E-state index contributed by atoms with van der Waals surface area (Å²) in [7, 11) is 0. The smallest absolute Gasteiger partial charge is 0.335 e. The first-order chi connectivity index (χ1) is 9.10. The Bertz CT molecular complexity index is 619. The van der Waals surface area contributed by atoms with Crippen molar-refractivity contribution in [2.75, 3.05) is 0 Å². The monoisotopic (exact) mass is 258 g/mol. The number of rotatable bonds is 5. The summed E-state index contributed by atoms with van der Waals surface area (Å²) in [5.74, 6) is -0.278. The Morgan fingerprint density at radius 1 is 1.26 bits per heavy atom. The SMILES string of the molecule is C=COC(C)Oc1ccc2cc(C(=O)O)ccc2c1. The predicted molar refractivity (Wildman–Crippen MR) is 72.3 cm³/mol. The normalized spacial score (nSPS) is 11.8. The highest BCUT2D eigenvalue weighted by Crippen LogP contribution is 2.23. The maximum Gasteiger partial charge on any atom is 0.335 e. The quantitative estimate of drug-likeness (QED) is 0.659. The highest BCUT2D eigenvalue weighted by atomic mass is 16.7. The minimum absolute atomic E-state index is 0.268. The minimum Gasteiger partial charge on any atom is -0.478 e. The van der Waals surface area contributed by atoms with Crippen LogP contribution in [0.1, 0.15) is 17.3 Å². The average molecular weight is 258 g/mol. The highest BCUT2D eigenvalue weighted by Gasteiger charge is 2.06. The number of ether oxygens (including phenoxy) is 2. The Morgan fingerprint density at radius 2 is 1.95 bits per heavy atom. The largest absolute Gasteiger partial charge is 0.478 e. The summed E-state index contributed by atoms with van der Waals surface area (Å²) >= 11 is 0. The minimum atomic E-state index is -0.935. The Labute approximate surface area is 110 Å². The molecule has 0 aliphatic rings. The lowest BCUT2D eigenvalue weighted by molar-refractivity contribution is -0.0130. The molecule has 0 radical (unpaired) electrons. The van der Waals surface area contributed by atoms with Gasteiger partial charge in [-0.1, -0.05) is 18.7 Å². The van der Waals surface area contributed by atoms with E-state index in [0.717, 1.165) is 10.8 Å². The molecule has 0 aliphatic heterocycles. The number of benzene rings is 2. The molecule has 1 unspecified atom stereocenters. The van der Waals surface area contributed by atoms with E-state index in [0.29, 0.717) is 5.75 Å². The van der Waals surface area contributed by atoms with E-state index in [9.17, 15) is 4.79 Å². The van der Waals surface area contributed by atoms with E-state index < -0.39 is 12.3 Å². The van der Waals surface area contributed by atoms with Gasteiger partial charge >= 0.3 is 5.97 Å². The molecule has 0 heterocycles. The number of hydrogen-bond acceptors (Lipinski definition) is 3. The van der Waals surface area contributed by atoms with Crippen molar-refractivity contribution < 1.29 is 19.4 Å². The van der Waals surface area contributed by atoms with Crippen LogP contribution in [0.2, 0.25) is 0 Å². The summed E-state index contributed by atoms with van der Waals surface area (Å²) in [6.45, 7) is 5.22. The molecular weight excluding hydrogens is 244 g/mol. The Morgan fingerprint density at radius 3 is 2.63 bits per heavy atom. The van der Waals surface area contributed by atoms with Gasteiger partial charge in [-0.2, -0.15) is 0 Å². The molecule has 2 aromatic rings. The van der Waals surface area contributed by atoms with E-state index >= 15 is 0 Å². The lowest BCUT2D eigenvalue weighted by Crippen LogP contribution is -2.12. The molecule has 0 fully saturated rings. The number of aromatic carboxylic acids is 1. The Balaban J connectivity index is 2.28. The van der Waals surface area contributed by atoms with E-state index in [4.69, 9.17) is 14.6 Å². The van der Waals surface area contributed by atoms with Crippen molar-refractivity contribution in [3.8, 4) is 5.75 Å². The molecule has 2 aromatic carbocycles. The lowest BCUT2D eigenvalue weighted by atomic mass is 10.1. The van der Waals surface area contributed by atoms with Gasteiger partial charge in [0, 0.05) is 6.92 Å². The van der Waals surface area contributed by atoms with Gasteiger partial charge in [0.1, 0.15) is 5.75 Å². The van der Waals surface area contributed by atoms with Gasteiger partial charge < -0.3 is 14.6 Å². The molecule has 0 saturated heterocycles. The maximum atomic E-state index is 10.9. The third kappa shape index (κ3) is 3.04. The maximum absolute atomic E-state index is 10.9. The van der Waals surface area contributed by atoms with Gasteiger partial charge in [0.2, 0.25) is 6.29 Å². The van der Waals surface area contributed by atoms with Crippen LogP contribution >= 0.6 is 0 Å². The van der Waals surface area contributed by atoms with Gasteiger partial charge in [0.15, 0.2) is 0 Å². The molecule has 0 spiro atoms. The number of fused-ring (bicyclic) bond motifs is 1. The summed E-state index contributed by atoms with van der Waals surface area (Å²) in [6, 6.07) is 10.4. The molecule has 1 atom stereocenters. The predicted octanol–water partition coefficient (Wildman–Crippen LogP) is 3.42. The first kappa shape index (κ1) is 13.0. The fraction of sp³-hybridized carbons (Fsp3) is 0.133. The third-order valence-corrected chi connectivity index (χ3v) is 2.65. The molecular formula is C15H14O4. The molecule has 0 aliphatic carbocycles. The van der Waals surface area contributed by atoms with Crippen molar-refractivity contribution >= 4 is 16.7 Å². The van der Waals surface area contributed by atoms with Crippen molar-refractivity contribution in [3.05, 3.63) is 54.8 Å². The van der Waals surface area contributed by atoms with Crippen LogP contribution in [-0.4, -0.2) is 17.4 Å². The van der Waals surface area contributed by atoms with Crippen LogP contribution in [0, 0.1) is 0 Å². The molecule has 4 nitrogen and oxygen atoms in total. The number of carbonyl (C=O) groups is 1. The first-order valence-electron chi connectivity index (χ1n) is 5.80. The standard InChI is InChI=1S/C15H14O4/c1-3-18-10(2)19-14-7-6-11-8-13(15(16)17)5-4-12(11)9-14/h3-10H,1H2,2H3,(H,16,17). The zero-order chi connectivity index (χ0) is 13.8. The van der Waals surface area contributed by atoms with E-state index in [1.54, 1.807) is 31.2 Å². The summed E-state index contributed by atoms with van der Waals surface area (Å²) in [6.07, 6.45) is 0.901.